The van der Waals surface area contributed by atoms with E-state index in [2.05, 4.69) is 111 Å². The lowest BCUT2D eigenvalue weighted by molar-refractivity contribution is 0.112. The van der Waals surface area contributed by atoms with E-state index in [1.165, 1.54) is 112 Å². The van der Waals surface area contributed by atoms with E-state index in [0.717, 1.165) is 29.9 Å². The second kappa shape index (κ2) is 58.9. The number of aldehydes is 1. The first-order chi connectivity index (χ1) is 28.3. The molecule has 1 aromatic heterocycles. The fourth-order valence-electron chi connectivity index (χ4n) is 4.26. The first-order valence-electron chi connectivity index (χ1n) is 23.1. The van der Waals surface area contributed by atoms with Crippen molar-refractivity contribution in [3.8, 4) is 0 Å². The van der Waals surface area contributed by atoms with Crippen LogP contribution in [0.5, 0.6) is 0 Å². The average Bonchev–Trinajstić information content (AvgIpc) is 3.26. The minimum atomic E-state index is -0.144. The fraction of sp³-hybridized carbons (Fsp3) is 0.600. The summed E-state index contributed by atoms with van der Waals surface area (Å²) >= 11 is 0. The van der Waals surface area contributed by atoms with Gasteiger partial charge in [0, 0.05) is 26.0 Å². The van der Waals surface area contributed by atoms with Gasteiger partial charge in [0.05, 0.1) is 5.69 Å². The zero-order valence-corrected chi connectivity index (χ0v) is 42.3. The van der Waals surface area contributed by atoms with E-state index in [1.54, 1.807) is 32.5 Å². The molecule has 0 unspecified atom stereocenters. The summed E-state index contributed by atoms with van der Waals surface area (Å²) in [4.78, 5) is 14.6. The van der Waals surface area contributed by atoms with Gasteiger partial charge in [0.25, 0.3) is 0 Å². The van der Waals surface area contributed by atoms with E-state index < -0.39 is 0 Å². The largest absolute Gasteiger partial charge is 0.388 e. The number of halogens is 1. The summed E-state index contributed by atoms with van der Waals surface area (Å²) in [6.45, 7) is 34.2. The summed E-state index contributed by atoms with van der Waals surface area (Å²) in [5.74, 6) is 0.667. The van der Waals surface area contributed by atoms with E-state index in [0.29, 0.717) is 5.56 Å². The average molecular weight is 824 g/mol. The Hall–Kier alpha value is -3.37. The second-order valence-electron chi connectivity index (χ2n) is 14.5. The molecule has 3 nitrogen and oxygen atoms in total. The van der Waals surface area contributed by atoms with Gasteiger partial charge in [0.2, 0.25) is 0 Å². The molecule has 0 radical (unpaired) electrons. The Balaban J connectivity index is -0.000000140. The van der Waals surface area contributed by atoms with Gasteiger partial charge >= 0.3 is 0 Å². The van der Waals surface area contributed by atoms with Crippen molar-refractivity contribution in [1.82, 2.24) is 4.98 Å². The lowest BCUT2D eigenvalue weighted by Crippen LogP contribution is -1.88. The van der Waals surface area contributed by atoms with E-state index in [1.807, 2.05) is 64.1 Å². The predicted molar refractivity (Wildman–Crippen MR) is 269 cm³/mol. The van der Waals surface area contributed by atoms with Crippen LogP contribution in [-0.4, -0.2) is 25.5 Å². The Kier molecular flexibility index (Phi) is 67.3. The molecule has 59 heavy (non-hydrogen) atoms. The number of rotatable bonds is 14. The number of ether oxygens (including phenoxy) is 1. The number of methoxy groups -OCH3 is 1. The number of hydrogen-bond acceptors (Lipinski definition) is 3. The van der Waals surface area contributed by atoms with Gasteiger partial charge in [-0.15, -0.1) is 0 Å². The summed E-state index contributed by atoms with van der Waals surface area (Å²) in [6.07, 6.45) is 24.9. The van der Waals surface area contributed by atoms with Crippen molar-refractivity contribution in [2.45, 2.75) is 201 Å². The molecule has 3 aromatic rings. The van der Waals surface area contributed by atoms with Gasteiger partial charge in [0.1, 0.15) is 12.1 Å². The lowest BCUT2D eigenvalue weighted by atomic mass is 10.0. The molecule has 0 saturated carbocycles. The highest BCUT2D eigenvalue weighted by Gasteiger charge is 1.97. The second-order valence-corrected chi connectivity index (χ2v) is 14.5. The number of hydrogen-bond donors (Lipinski definition) is 0. The summed E-state index contributed by atoms with van der Waals surface area (Å²) < 4.78 is 16.7. The maximum atomic E-state index is 12.5. The van der Waals surface area contributed by atoms with Crippen molar-refractivity contribution >= 4 is 11.9 Å². The van der Waals surface area contributed by atoms with Crippen molar-refractivity contribution in [1.29, 1.82) is 0 Å². The van der Waals surface area contributed by atoms with Crippen molar-refractivity contribution in [3.05, 3.63) is 119 Å². The molecule has 0 saturated heterocycles. The van der Waals surface area contributed by atoms with Crippen molar-refractivity contribution in [2.24, 2.45) is 5.92 Å². The Labute approximate surface area is 369 Å². The first-order valence-corrected chi connectivity index (χ1v) is 23.1. The third-order valence-corrected chi connectivity index (χ3v) is 8.07. The van der Waals surface area contributed by atoms with E-state index >= 15 is 0 Å². The topological polar surface area (TPSA) is 39.2 Å². The number of allylic oxidation sites excluding steroid dienone is 4. The van der Waals surface area contributed by atoms with E-state index in [9.17, 15) is 9.18 Å². The number of benzene rings is 2. The van der Waals surface area contributed by atoms with Crippen LogP contribution in [0, 0.1) is 18.7 Å². The molecule has 0 spiro atoms. The Bertz CT molecular complexity index is 1240. The van der Waals surface area contributed by atoms with Gasteiger partial charge in [0.15, 0.2) is 0 Å². The lowest BCUT2D eigenvalue weighted by Gasteiger charge is -2.01. The SMILES string of the molecule is C/C=C(\C)CC(C)C.CC.CC=C(C)c1cc(C=O)ccn1.CCCC.CCCCC.CCCCCC.CCCCCc1ccc(F)cc1.COC.Cc1ccccc1. The molecule has 342 valence electrons. The molecule has 2 aromatic carbocycles. The van der Waals surface area contributed by atoms with Crippen molar-refractivity contribution in [3.63, 3.8) is 0 Å². The van der Waals surface area contributed by atoms with Crippen LogP contribution in [0.15, 0.2) is 90.7 Å². The number of nitrogens with zero attached hydrogens (tertiary/aromatic N) is 1. The smallest absolute Gasteiger partial charge is 0.150 e. The maximum Gasteiger partial charge on any atom is 0.150 e. The summed E-state index contributed by atoms with van der Waals surface area (Å²) in [7, 11) is 3.25. The summed E-state index contributed by atoms with van der Waals surface area (Å²) in [6, 6.07) is 20.5. The van der Waals surface area contributed by atoms with E-state index in [-0.39, 0.29) is 5.82 Å². The summed E-state index contributed by atoms with van der Waals surface area (Å²) in [5, 5.41) is 0. The molecule has 0 atom stereocenters. The van der Waals surface area contributed by atoms with Crippen LogP contribution >= 0.6 is 0 Å². The van der Waals surface area contributed by atoms with Gasteiger partial charge in [-0.05, 0) is 95.2 Å². The number of pyridine rings is 1. The molecule has 1 heterocycles. The van der Waals surface area contributed by atoms with Gasteiger partial charge in [-0.2, -0.15) is 0 Å². The Morgan fingerprint density at radius 3 is 1.44 bits per heavy atom. The first kappa shape index (κ1) is 67.4. The molecule has 4 heteroatoms. The van der Waals surface area contributed by atoms with Gasteiger partial charge < -0.3 is 4.74 Å². The van der Waals surface area contributed by atoms with Crippen LogP contribution < -0.4 is 0 Å². The maximum absolute atomic E-state index is 12.5. The van der Waals surface area contributed by atoms with Gasteiger partial charge in [-0.25, -0.2) is 4.39 Å². The molecule has 0 aliphatic heterocycles. The van der Waals surface area contributed by atoms with Crippen molar-refractivity contribution in [2.75, 3.05) is 14.2 Å². The molecule has 0 aliphatic carbocycles. The standard InChI is InChI=1S/C11H15F.C10H11NO.C8H16.C7H8.C6H14.C5H12.C4H10.C2H6O.C2H6/c1-2-3-4-5-10-6-8-11(12)9-7-10;1-3-8(2)10-6-9(7-12)4-5-11-10;1-5-8(4)6-7(2)3;1-7-5-3-2-4-6-7;1-3-5-6-4-2;1-3-5-4-2;1-3-4-2;1-3-2;1-2/h6-9H,2-5H2,1H3;3-7H,1-2H3;5,7H,6H2,1-4H3;2-6H,1H3;3-6H2,1-2H3;3-5H2,1-2H3;3-4H2,1-2H3;1-2H3;1-2H3/b;;8-5+;;;;;;. The molecule has 0 amide bonds. The van der Waals surface area contributed by atoms with E-state index in [4.69, 9.17) is 0 Å². The summed E-state index contributed by atoms with van der Waals surface area (Å²) in [5.41, 5.74) is 6.68. The van der Waals surface area contributed by atoms with Crippen LogP contribution in [0.2, 0.25) is 0 Å². The Morgan fingerprint density at radius 1 is 0.678 bits per heavy atom. The molecule has 0 N–H and O–H groups in total. The van der Waals surface area contributed by atoms with Crippen LogP contribution in [0.1, 0.15) is 215 Å². The normalized spacial score (nSPS) is 9.69. The number of aromatic nitrogens is 1. The molecule has 0 bridgehead atoms. The van der Waals surface area contributed by atoms with Crippen LogP contribution in [0.3, 0.4) is 0 Å². The highest BCUT2D eigenvalue weighted by atomic mass is 19.1. The third-order valence-electron chi connectivity index (χ3n) is 8.07. The zero-order chi connectivity index (χ0) is 46.5. The van der Waals surface area contributed by atoms with Crippen LogP contribution in [0.25, 0.3) is 5.57 Å². The third kappa shape index (κ3) is 61.4. The van der Waals surface area contributed by atoms with Gasteiger partial charge in [-0.3, -0.25) is 9.78 Å². The minimum absolute atomic E-state index is 0.144. The van der Waals surface area contributed by atoms with Gasteiger partial charge in [-0.1, -0.05) is 213 Å². The highest BCUT2D eigenvalue weighted by molar-refractivity contribution is 5.76. The molecular weight excluding hydrogens is 726 g/mol. The minimum Gasteiger partial charge on any atom is -0.388 e. The van der Waals surface area contributed by atoms with Crippen molar-refractivity contribution < 1.29 is 13.9 Å². The Morgan fingerprint density at radius 2 is 1.14 bits per heavy atom. The molecule has 0 fully saturated rings. The molecular formula is C55H98FNO2. The zero-order valence-electron chi connectivity index (χ0n) is 42.3. The predicted octanol–water partition coefficient (Wildman–Crippen LogP) is 18.7. The van der Waals surface area contributed by atoms with Crippen LogP contribution in [0.4, 0.5) is 4.39 Å². The number of carbonyl (C=O) groups excluding carboxylic acids is 1. The number of aryl methyl sites for hydroxylation is 2. The van der Waals surface area contributed by atoms with Crippen LogP contribution in [-0.2, 0) is 11.2 Å². The number of unbranched alkanes of at least 4 members (excludes halogenated alkanes) is 8. The number of carbonyl (C=O) groups is 1. The fourth-order valence-corrected chi connectivity index (χ4v) is 4.26. The monoisotopic (exact) mass is 824 g/mol. The molecule has 0 aliphatic rings. The molecule has 3 rings (SSSR count). The highest BCUT2D eigenvalue weighted by Crippen LogP contribution is 2.11. The quantitative estimate of drug-likeness (QED) is 0.0923.